The van der Waals surface area contributed by atoms with Crippen LogP contribution in [0.5, 0.6) is 0 Å². The SMILES string of the molecule is CC(C)(C)OC(=O)NCc1ccccc1NCCN(C(=O)OC(C)(C)C)c1ccc(C=O)cc1. The second kappa shape index (κ2) is 11.5. The van der Waals surface area contributed by atoms with Gasteiger partial charge in [-0.05, 0) is 77.4 Å². The van der Waals surface area contributed by atoms with Gasteiger partial charge in [-0.3, -0.25) is 9.69 Å². The summed E-state index contributed by atoms with van der Waals surface area (Å²) in [5, 5.41) is 6.09. The van der Waals surface area contributed by atoms with Crippen LogP contribution in [0.4, 0.5) is 21.0 Å². The molecule has 0 radical (unpaired) electrons. The largest absolute Gasteiger partial charge is 0.444 e. The summed E-state index contributed by atoms with van der Waals surface area (Å²) in [6.07, 6.45) is -0.212. The van der Waals surface area contributed by atoms with E-state index in [0.717, 1.165) is 17.5 Å². The molecule has 0 spiro atoms. The monoisotopic (exact) mass is 469 g/mol. The number of benzene rings is 2. The number of hydrogen-bond acceptors (Lipinski definition) is 6. The highest BCUT2D eigenvalue weighted by atomic mass is 16.6. The number of hydrogen-bond donors (Lipinski definition) is 2. The lowest BCUT2D eigenvalue weighted by molar-refractivity contribution is 0.0521. The highest BCUT2D eigenvalue weighted by Crippen LogP contribution is 2.20. The van der Waals surface area contributed by atoms with Gasteiger partial charge in [0.05, 0.1) is 0 Å². The van der Waals surface area contributed by atoms with Crippen molar-refractivity contribution in [2.24, 2.45) is 0 Å². The molecule has 0 saturated carbocycles. The Balaban J connectivity index is 2.07. The lowest BCUT2D eigenvalue weighted by Crippen LogP contribution is -2.39. The Kier molecular flexibility index (Phi) is 9.06. The third-order valence-electron chi connectivity index (χ3n) is 4.45. The number of carbonyl (C=O) groups is 3. The summed E-state index contributed by atoms with van der Waals surface area (Å²) in [7, 11) is 0. The Morgan fingerprint density at radius 3 is 2.12 bits per heavy atom. The highest BCUT2D eigenvalue weighted by Gasteiger charge is 2.23. The van der Waals surface area contributed by atoms with E-state index < -0.39 is 23.4 Å². The Hall–Kier alpha value is -3.55. The fraction of sp³-hybridized carbons (Fsp3) is 0.423. The minimum atomic E-state index is -0.647. The Morgan fingerprint density at radius 2 is 1.53 bits per heavy atom. The molecule has 2 rings (SSSR count). The zero-order valence-electron chi connectivity index (χ0n) is 20.8. The number of alkyl carbamates (subject to hydrolysis) is 1. The average molecular weight is 470 g/mol. The summed E-state index contributed by atoms with van der Waals surface area (Å²) >= 11 is 0. The molecular formula is C26H35N3O5. The number of nitrogens with one attached hydrogen (secondary N) is 2. The third kappa shape index (κ3) is 9.13. The molecule has 0 aliphatic heterocycles. The summed E-state index contributed by atoms with van der Waals surface area (Å²) in [6.45, 7) is 11.9. The van der Waals surface area contributed by atoms with Crippen molar-refractivity contribution >= 4 is 29.8 Å². The van der Waals surface area contributed by atoms with Gasteiger partial charge in [0.1, 0.15) is 17.5 Å². The molecule has 0 saturated heterocycles. The molecule has 8 nitrogen and oxygen atoms in total. The minimum Gasteiger partial charge on any atom is -0.444 e. The maximum Gasteiger partial charge on any atom is 0.414 e. The summed E-state index contributed by atoms with van der Waals surface area (Å²) in [4.78, 5) is 37.4. The number of para-hydroxylation sites is 1. The molecule has 2 aromatic carbocycles. The maximum atomic E-state index is 12.9. The lowest BCUT2D eigenvalue weighted by Gasteiger charge is -2.28. The van der Waals surface area contributed by atoms with Crippen molar-refractivity contribution in [1.29, 1.82) is 0 Å². The number of anilines is 2. The van der Waals surface area contributed by atoms with Crippen molar-refractivity contribution in [2.75, 3.05) is 23.3 Å². The fourth-order valence-corrected chi connectivity index (χ4v) is 3.01. The van der Waals surface area contributed by atoms with Crippen molar-refractivity contribution in [2.45, 2.75) is 59.3 Å². The van der Waals surface area contributed by atoms with Crippen LogP contribution in [0, 0.1) is 0 Å². The van der Waals surface area contributed by atoms with Crippen molar-refractivity contribution < 1.29 is 23.9 Å². The van der Waals surface area contributed by atoms with Gasteiger partial charge in [-0.2, -0.15) is 0 Å². The minimum absolute atomic E-state index is 0.293. The quantitative estimate of drug-likeness (QED) is 0.504. The van der Waals surface area contributed by atoms with Crippen LogP contribution < -0.4 is 15.5 Å². The van der Waals surface area contributed by atoms with E-state index in [1.807, 2.05) is 65.8 Å². The molecular weight excluding hydrogens is 434 g/mol. The zero-order valence-corrected chi connectivity index (χ0v) is 20.8. The molecule has 0 aliphatic rings. The van der Waals surface area contributed by atoms with Gasteiger partial charge in [-0.25, -0.2) is 9.59 Å². The van der Waals surface area contributed by atoms with Crippen LogP contribution in [-0.4, -0.2) is 42.8 Å². The Bertz CT molecular complexity index is 975. The van der Waals surface area contributed by atoms with E-state index in [-0.39, 0.29) is 0 Å². The summed E-state index contributed by atoms with van der Waals surface area (Å²) in [5.41, 5.74) is 1.65. The van der Waals surface area contributed by atoms with Gasteiger partial charge >= 0.3 is 12.2 Å². The number of carbonyl (C=O) groups excluding carboxylic acids is 3. The molecule has 0 fully saturated rings. The number of nitrogens with zero attached hydrogens (tertiary/aromatic N) is 1. The third-order valence-corrected chi connectivity index (χ3v) is 4.45. The van der Waals surface area contributed by atoms with Crippen LogP contribution in [0.25, 0.3) is 0 Å². The molecule has 2 N–H and O–H groups in total. The molecule has 0 bridgehead atoms. The second-order valence-electron chi connectivity index (χ2n) is 9.78. The van der Waals surface area contributed by atoms with Gasteiger partial charge in [0, 0.05) is 36.6 Å². The van der Waals surface area contributed by atoms with Crippen molar-refractivity contribution in [3.05, 3.63) is 59.7 Å². The molecule has 0 unspecified atom stereocenters. The van der Waals surface area contributed by atoms with E-state index in [1.165, 1.54) is 4.90 Å². The normalized spacial score (nSPS) is 11.4. The average Bonchev–Trinajstić information content (AvgIpc) is 2.73. The van der Waals surface area contributed by atoms with Gasteiger partial charge < -0.3 is 20.1 Å². The van der Waals surface area contributed by atoms with Crippen molar-refractivity contribution in [1.82, 2.24) is 5.32 Å². The van der Waals surface area contributed by atoms with Crippen LogP contribution in [0.1, 0.15) is 57.5 Å². The molecule has 0 aromatic heterocycles. The first-order chi connectivity index (χ1) is 15.9. The van der Waals surface area contributed by atoms with Crippen LogP contribution >= 0.6 is 0 Å². The Morgan fingerprint density at radius 1 is 0.912 bits per heavy atom. The molecule has 0 heterocycles. The molecule has 34 heavy (non-hydrogen) atoms. The van der Waals surface area contributed by atoms with Crippen LogP contribution in [-0.2, 0) is 16.0 Å². The van der Waals surface area contributed by atoms with E-state index in [9.17, 15) is 14.4 Å². The molecule has 8 heteroatoms. The summed E-state index contributed by atoms with van der Waals surface area (Å²) < 4.78 is 10.9. The zero-order chi connectivity index (χ0) is 25.4. The number of aldehydes is 1. The number of ether oxygens (including phenoxy) is 2. The van der Waals surface area contributed by atoms with Gasteiger partial charge in [-0.1, -0.05) is 18.2 Å². The smallest absolute Gasteiger partial charge is 0.414 e. The highest BCUT2D eigenvalue weighted by molar-refractivity contribution is 5.88. The van der Waals surface area contributed by atoms with Crippen LogP contribution in [0.15, 0.2) is 48.5 Å². The Labute approximate surface area is 201 Å². The van der Waals surface area contributed by atoms with Crippen molar-refractivity contribution in [3.63, 3.8) is 0 Å². The topological polar surface area (TPSA) is 97.0 Å². The van der Waals surface area contributed by atoms with E-state index in [0.29, 0.717) is 30.9 Å². The summed E-state index contributed by atoms with van der Waals surface area (Å²) in [5.74, 6) is 0. The molecule has 2 amide bonds. The fourth-order valence-electron chi connectivity index (χ4n) is 3.01. The number of amides is 2. The maximum absolute atomic E-state index is 12.9. The standard InChI is InChI=1S/C26H35N3O5/c1-25(2,3)33-23(31)28-17-20-9-7-8-10-22(20)27-15-16-29(24(32)34-26(4,5)6)21-13-11-19(18-30)12-14-21/h7-14,18,27H,15-17H2,1-6H3,(H,28,31). The van der Waals surface area contributed by atoms with Gasteiger partial charge in [0.2, 0.25) is 0 Å². The second-order valence-corrected chi connectivity index (χ2v) is 9.78. The van der Waals surface area contributed by atoms with E-state index in [1.54, 1.807) is 24.3 Å². The molecule has 0 aliphatic carbocycles. The predicted molar refractivity (Wildman–Crippen MR) is 133 cm³/mol. The summed E-state index contributed by atoms with van der Waals surface area (Å²) in [6, 6.07) is 14.3. The number of rotatable bonds is 8. The molecule has 0 atom stereocenters. The lowest BCUT2D eigenvalue weighted by atomic mass is 10.1. The van der Waals surface area contributed by atoms with E-state index in [4.69, 9.17) is 9.47 Å². The first-order valence-electron chi connectivity index (χ1n) is 11.2. The van der Waals surface area contributed by atoms with Gasteiger partial charge in [0.15, 0.2) is 0 Å². The first kappa shape index (κ1) is 26.7. The predicted octanol–water partition coefficient (Wildman–Crippen LogP) is 5.38. The van der Waals surface area contributed by atoms with Gasteiger partial charge in [-0.15, -0.1) is 0 Å². The van der Waals surface area contributed by atoms with Crippen molar-refractivity contribution in [3.8, 4) is 0 Å². The first-order valence-corrected chi connectivity index (χ1v) is 11.2. The molecule has 184 valence electrons. The van der Waals surface area contributed by atoms with Gasteiger partial charge in [0.25, 0.3) is 0 Å². The van der Waals surface area contributed by atoms with E-state index >= 15 is 0 Å². The van der Waals surface area contributed by atoms with Crippen LogP contribution in [0.3, 0.4) is 0 Å². The van der Waals surface area contributed by atoms with Crippen LogP contribution in [0.2, 0.25) is 0 Å². The van der Waals surface area contributed by atoms with E-state index in [2.05, 4.69) is 10.6 Å². The molecule has 2 aromatic rings.